The van der Waals surface area contributed by atoms with Crippen molar-refractivity contribution in [2.75, 3.05) is 18.0 Å². The van der Waals surface area contributed by atoms with Crippen LogP contribution in [0.15, 0.2) is 41.3 Å². The monoisotopic (exact) mass is 337 g/mol. The zero-order chi connectivity index (χ0) is 17.2. The Bertz CT molecular complexity index is 798. The summed E-state index contributed by atoms with van der Waals surface area (Å²) in [6.07, 6.45) is 0. The first-order valence-corrected chi connectivity index (χ1v) is 8.68. The molecule has 0 unspecified atom stereocenters. The van der Waals surface area contributed by atoms with Crippen LogP contribution in [0.5, 0.6) is 5.75 Å². The highest BCUT2D eigenvalue weighted by molar-refractivity contribution is 7.92. The summed E-state index contributed by atoms with van der Waals surface area (Å²) >= 11 is 0. The molecule has 0 amide bonds. The van der Waals surface area contributed by atoms with Gasteiger partial charge in [-0.3, -0.25) is 4.31 Å². The van der Waals surface area contributed by atoms with Gasteiger partial charge in [0.2, 0.25) is 0 Å². The van der Waals surface area contributed by atoms with Gasteiger partial charge in [0, 0.05) is 6.54 Å². The summed E-state index contributed by atoms with van der Waals surface area (Å²) in [7, 11) is -2.51. The second kappa shape index (κ2) is 6.58. The third-order valence-corrected chi connectivity index (χ3v) is 5.39. The van der Waals surface area contributed by atoms with Gasteiger partial charge in [0.15, 0.2) is 11.6 Å². The van der Waals surface area contributed by atoms with Crippen LogP contribution in [-0.4, -0.2) is 22.1 Å². The lowest BCUT2D eigenvalue weighted by Crippen LogP contribution is -2.31. The minimum absolute atomic E-state index is 0.0124. The number of hydrogen-bond acceptors (Lipinski definition) is 3. The second-order valence-electron chi connectivity index (χ2n) is 5.31. The van der Waals surface area contributed by atoms with Gasteiger partial charge < -0.3 is 4.74 Å². The highest BCUT2D eigenvalue weighted by Crippen LogP contribution is 2.28. The maximum Gasteiger partial charge on any atom is 0.264 e. The molecule has 0 aliphatic heterocycles. The quantitative estimate of drug-likeness (QED) is 0.836. The van der Waals surface area contributed by atoms with Crippen LogP contribution in [0, 0.1) is 19.7 Å². The van der Waals surface area contributed by atoms with Gasteiger partial charge in [-0.2, -0.15) is 0 Å². The summed E-state index contributed by atoms with van der Waals surface area (Å²) in [5, 5.41) is 0. The van der Waals surface area contributed by atoms with E-state index in [-0.39, 0.29) is 17.2 Å². The lowest BCUT2D eigenvalue weighted by Gasteiger charge is -2.24. The van der Waals surface area contributed by atoms with Crippen molar-refractivity contribution >= 4 is 15.7 Å². The van der Waals surface area contributed by atoms with Crippen molar-refractivity contribution in [3.8, 4) is 5.75 Å². The average molecular weight is 337 g/mol. The molecule has 0 bridgehead atoms. The van der Waals surface area contributed by atoms with Gasteiger partial charge in [-0.1, -0.05) is 6.07 Å². The maximum absolute atomic E-state index is 13.9. The van der Waals surface area contributed by atoms with Crippen LogP contribution in [0.4, 0.5) is 10.1 Å². The van der Waals surface area contributed by atoms with Crippen LogP contribution in [-0.2, 0) is 10.0 Å². The van der Waals surface area contributed by atoms with Crippen LogP contribution in [0.1, 0.15) is 18.1 Å². The van der Waals surface area contributed by atoms with Gasteiger partial charge in [-0.05, 0) is 62.2 Å². The fraction of sp³-hybridized carbons (Fsp3) is 0.294. The Hall–Kier alpha value is -2.08. The molecule has 124 valence electrons. The van der Waals surface area contributed by atoms with E-state index in [1.807, 2.05) is 19.9 Å². The van der Waals surface area contributed by atoms with Crippen molar-refractivity contribution in [2.45, 2.75) is 25.7 Å². The second-order valence-corrected chi connectivity index (χ2v) is 7.17. The first-order valence-electron chi connectivity index (χ1n) is 7.24. The van der Waals surface area contributed by atoms with Gasteiger partial charge >= 0.3 is 0 Å². The third-order valence-electron chi connectivity index (χ3n) is 3.49. The highest BCUT2D eigenvalue weighted by atomic mass is 32.2. The minimum Gasteiger partial charge on any atom is -0.494 e. The van der Waals surface area contributed by atoms with Crippen LogP contribution < -0.4 is 9.04 Å². The van der Waals surface area contributed by atoms with Crippen molar-refractivity contribution in [1.29, 1.82) is 0 Å². The molecular weight excluding hydrogens is 317 g/mol. The van der Waals surface area contributed by atoms with E-state index in [2.05, 4.69) is 0 Å². The molecule has 0 heterocycles. The molecular formula is C17H20FNO3S. The van der Waals surface area contributed by atoms with Crippen molar-refractivity contribution in [1.82, 2.24) is 0 Å². The standard InChI is InChI=1S/C17H20FNO3S/c1-5-19(14-9-12(2)8-13(3)10-14)23(20,21)15-6-7-17(22-4)16(18)11-15/h6-11H,5H2,1-4H3. The Morgan fingerprint density at radius 2 is 1.70 bits per heavy atom. The molecule has 0 saturated heterocycles. The largest absolute Gasteiger partial charge is 0.494 e. The minimum atomic E-state index is -3.85. The van der Waals surface area contributed by atoms with Crippen LogP contribution in [0.25, 0.3) is 0 Å². The first kappa shape index (κ1) is 17.3. The molecule has 0 N–H and O–H groups in total. The van der Waals surface area contributed by atoms with E-state index in [4.69, 9.17) is 4.74 Å². The maximum atomic E-state index is 13.9. The molecule has 0 aliphatic carbocycles. The number of rotatable bonds is 5. The summed E-state index contributed by atoms with van der Waals surface area (Å²) in [6.45, 7) is 5.81. The third kappa shape index (κ3) is 3.47. The smallest absolute Gasteiger partial charge is 0.264 e. The zero-order valence-electron chi connectivity index (χ0n) is 13.6. The molecule has 0 atom stereocenters. The topological polar surface area (TPSA) is 46.6 Å². The van der Waals surface area contributed by atoms with Crippen molar-refractivity contribution in [2.24, 2.45) is 0 Å². The fourth-order valence-corrected chi connectivity index (χ4v) is 3.99. The van der Waals surface area contributed by atoms with Crippen LogP contribution in [0.2, 0.25) is 0 Å². The molecule has 2 aromatic carbocycles. The summed E-state index contributed by atoms with van der Waals surface area (Å²) in [5.41, 5.74) is 2.50. The van der Waals surface area contributed by atoms with E-state index in [9.17, 15) is 12.8 Å². The molecule has 2 aromatic rings. The molecule has 0 radical (unpaired) electrons. The normalized spacial score (nSPS) is 11.3. The van der Waals surface area contributed by atoms with Gasteiger partial charge in [-0.15, -0.1) is 0 Å². The predicted molar refractivity (Wildman–Crippen MR) is 89.1 cm³/mol. The molecule has 0 fully saturated rings. The van der Waals surface area contributed by atoms with Crippen molar-refractivity contribution in [3.63, 3.8) is 0 Å². The van der Waals surface area contributed by atoms with Crippen molar-refractivity contribution < 1.29 is 17.5 Å². The number of methoxy groups -OCH3 is 1. The number of anilines is 1. The van der Waals surface area contributed by atoms with Gasteiger partial charge in [-0.25, -0.2) is 12.8 Å². The highest BCUT2D eigenvalue weighted by Gasteiger charge is 2.25. The Morgan fingerprint density at radius 1 is 1.09 bits per heavy atom. The lowest BCUT2D eigenvalue weighted by atomic mass is 10.1. The fourth-order valence-electron chi connectivity index (χ4n) is 2.52. The van der Waals surface area contributed by atoms with E-state index in [0.717, 1.165) is 17.2 Å². The lowest BCUT2D eigenvalue weighted by molar-refractivity contribution is 0.385. The zero-order valence-corrected chi connectivity index (χ0v) is 14.4. The van der Waals surface area contributed by atoms with Gasteiger partial charge in [0.25, 0.3) is 10.0 Å². The number of ether oxygens (including phenoxy) is 1. The number of benzene rings is 2. The molecule has 0 spiro atoms. The molecule has 4 nitrogen and oxygen atoms in total. The van der Waals surface area contributed by atoms with E-state index < -0.39 is 15.8 Å². The van der Waals surface area contributed by atoms with Gasteiger partial charge in [0.05, 0.1) is 17.7 Å². The van der Waals surface area contributed by atoms with Gasteiger partial charge in [0.1, 0.15) is 0 Å². The predicted octanol–water partition coefficient (Wildman–Crippen LogP) is 3.67. The van der Waals surface area contributed by atoms with Crippen LogP contribution >= 0.6 is 0 Å². The summed E-state index contributed by atoms with van der Waals surface area (Å²) in [6, 6.07) is 9.22. The average Bonchev–Trinajstić information content (AvgIpc) is 2.46. The van der Waals surface area contributed by atoms with Crippen molar-refractivity contribution in [3.05, 3.63) is 53.3 Å². The Kier molecular flexibility index (Phi) is 4.94. The molecule has 6 heteroatoms. The molecule has 0 saturated carbocycles. The van der Waals surface area contributed by atoms with E-state index in [0.29, 0.717) is 5.69 Å². The van der Waals surface area contributed by atoms with E-state index >= 15 is 0 Å². The Morgan fingerprint density at radius 3 is 2.17 bits per heavy atom. The summed E-state index contributed by atoms with van der Waals surface area (Å²) < 4.78 is 45.7. The van der Waals surface area contributed by atoms with Crippen LogP contribution in [0.3, 0.4) is 0 Å². The SMILES string of the molecule is CCN(c1cc(C)cc(C)c1)S(=O)(=O)c1ccc(OC)c(F)c1. The number of aryl methyl sites for hydroxylation is 2. The first-order chi connectivity index (χ1) is 10.8. The van der Waals surface area contributed by atoms with E-state index in [1.165, 1.54) is 23.5 Å². The summed E-state index contributed by atoms with van der Waals surface area (Å²) in [5.74, 6) is -0.691. The summed E-state index contributed by atoms with van der Waals surface area (Å²) in [4.78, 5) is -0.100. The molecule has 23 heavy (non-hydrogen) atoms. The number of halogens is 1. The molecule has 2 rings (SSSR count). The Balaban J connectivity index is 2.53. The molecule has 0 aromatic heterocycles. The molecule has 0 aliphatic rings. The number of sulfonamides is 1. The number of nitrogens with zero attached hydrogens (tertiary/aromatic N) is 1. The number of hydrogen-bond donors (Lipinski definition) is 0. The van der Waals surface area contributed by atoms with E-state index in [1.54, 1.807) is 19.1 Å². The Labute approximate surface area is 136 Å².